The molecule has 0 radical (unpaired) electrons. The number of pyridine rings is 1. The Morgan fingerprint density at radius 3 is 2.19 bits per heavy atom. The van der Waals surface area contributed by atoms with E-state index in [2.05, 4.69) is 21.0 Å². The Labute approximate surface area is 179 Å². The van der Waals surface area contributed by atoms with Gasteiger partial charge in [0.15, 0.2) is 0 Å². The average Bonchev–Trinajstić information content (AvgIpc) is 3.24. The van der Waals surface area contributed by atoms with E-state index >= 15 is 0 Å². The molecule has 5 rings (SSSR count). The molecular formula is C25H20FN3O2. The highest BCUT2D eigenvalue weighted by atomic mass is 19.1. The summed E-state index contributed by atoms with van der Waals surface area (Å²) in [6.07, 6.45) is 2.06. The molecule has 31 heavy (non-hydrogen) atoms. The molecule has 3 aromatic rings. The molecule has 0 fully saturated rings. The average molecular weight is 413 g/mol. The third kappa shape index (κ3) is 3.46. The van der Waals surface area contributed by atoms with Crippen LogP contribution >= 0.6 is 0 Å². The van der Waals surface area contributed by atoms with Crippen molar-refractivity contribution in [2.24, 2.45) is 0 Å². The molecule has 0 N–H and O–H groups in total. The van der Waals surface area contributed by atoms with Gasteiger partial charge in [0.05, 0.1) is 19.7 Å². The van der Waals surface area contributed by atoms with E-state index in [9.17, 15) is 4.39 Å². The second kappa shape index (κ2) is 7.72. The number of hydrogen-bond acceptors (Lipinski definition) is 4. The number of aromatic nitrogens is 3. The molecule has 2 aliphatic heterocycles. The van der Waals surface area contributed by atoms with Crippen LogP contribution < -0.4 is 9.47 Å². The maximum absolute atomic E-state index is 13.4. The van der Waals surface area contributed by atoms with E-state index in [0.29, 0.717) is 6.54 Å². The summed E-state index contributed by atoms with van der Waals surface area (Å²) in [5.41, 5.74) is 5.40. The van der Waals surface area contributed by atoms with E-state index in [-0.39, 0.29) is 5.82 Å². The van der Waals surface area contributed by atoms with Crippen molar-refractivity contribution in [2.75, 3.05) is 14.2 Å². The van der Waals surface area contributed by atoms with Gasteiger partial charge in [0.25, 0.3) is 0 Å². The minimum Gasteiger partial charge on any atom is -0.497 e. The summed E-state index contributed by atoms with van der Waals surface area (Å²) in [5, 5.41) is 9.84. The minimum atomic E-state index is -0.280. The van der Waals surface area contributed by atoms with Gasteiger partial charge in [-0.3, -0.25) is 0 Å². The SMILES string of the molecule is COc1ccc(Cn2cc3c(-c4ccc(F)cc4)nnc-3c3cc(OC)ccc32)cc1. The molecule has 0 aliphatic carbocycles. The first-order chi connectivity index (χ1) is 15.2. The number of halogens is 1. The fourth-order valence-corrected chi connectivity index (χ4v) is 3.83. The first-order valence-electron chi connectivity index (χ1n) is 9.88. The number of fused-ring (bicyclic) bond motifs is 3. The van der Waals surface area contributed by atoms with Crippen molar-refractivity contribution >= 4 is 10.9 Å². The summed E-state index contributed by atoms with van der Waals surface area (Å²) in [6, 6.07) is 20.3. The van der Waals surface area contributed by atoms with Gasteiger partial charge >= 0.3 is 0 Å². The summed E-state index contributed by atoms with van der Waals surface area (Å²) in [4.78, 5) is 0. The molecular weight excluding hydrogens is 393 g/mol. The highest BCUT2D eigenvalue weighted by molar-refractivity contribution is 5.98. The lowest BCUT2D eigenvalue weighted by molar-refractivity contribution is 0.414. The molecule has 0 spiro atoms. The Morgan fingerprint density at radius 2 is 1.48 bits per heavy atom. The zero-order valence-corrected chi connectivity index (χ0v) is 17.2. The summed E-state index contributed by atoms with van der Waals surface area (Å²) in [7, 11) is 3.30. The van der Waals surface area contributed by atoms with Crippen LogP contribution in [0.25, 0.3) is 33.4 Å². The van der Waals surface area contributed by atoms with E-state index < -0.39 is 0 Å². The smallest absolute Gasteiger partial charge is 0.123 e. The topological polar surface area (TPSA) is 49.2 Å². The van der Waals surface area contributed by atoms with Crippen LogP contribution in [0, 0.1) is 5.82 Å². The van der Waals surface area contributed by atoms with E-state index in [1.54, 1.807) is 26.4 Å². The summed E-state index contributed by atoms with van der Waals surface area (Å²) in [5.74, 6) is 1.29. The zero-order chi connectivity index (χ0) is 21.4. The Hall–Kier alpha value is -3.93. The van der Waals surface area contributed by atoms with Gasteiger partial charge < -0.3 is 14.0 Å². The van der Waals surface area contributed by atoms with Crippen LogP contribution in [0.5, 0.6) is 11.5 Å². The molecule has 6 heteroatoms. The van der Waals surface area contributed by atoms with Crippen LogP contribution in [-0.4, -0.2) is 29.0 Å². The molecule has 0 unspecified atom stereocenters. The molecule has 2 heterocycles. The van der Waals surface area contributed by atoms with Gasteiger partial charge in [0, 0.05) is 29.3 Å². The van der Waals surface area contributed by atoms with Crippen LogP contribution in [0.15, 0.2) is 72.9 Å². The van der Waals surface area contributed by atoms with Gasteiger partial charge in [-0.2, -0.15) is 0 Å². The third-order valence-corrected chi connectivity index (χ3v) is 5.44. The van der Waals surface area contributed by atoms with Gasteiger partial charge in [-0.25, -0.2) is 4.39 Å². The predicted octanol–water partition coefficient (Wildman–Crippen LogP) is 5.41. The second-order valence-electron chi connectivity index (χ2n) is 7.31. The zero-order valence-electron chi connectivity index (χ0n) is 17.2. The fraction of sp³-hybridized carbons (Fsp3) is 0.120. The van der Waals surface area contributed by atoms with Crippen LogP contribution in [-0.2, 0) is 6.54 Å². The first kappa shape index (κ1) is 19.1. The Kier molecular flexibility index (Phi) is 4.75. The molecule has 0 bridgehead atoms. The van der Waals surface area contributed by atoms with Crippen LogP contribution in [0.4, 0.5) is 4.39 Å². The Morgan fingerprint density at radius 1 is 0.806 bits per heavy atom. The number of nitrogens with zero attached hydrogens (tertiary/aromatic N) is 3. The molecule has 0 amide bonds. The van der Waals surface area contributed by atoms with Crippen molar-refractivity contribution in [1.82, 2.24) is 14.8 Å². The molecule has 0 saturated heterocycles. The monoisotopic (exact) mass is 413 g/mol. The van der Waals surface area contributed by atoms with Gasteiger partial charge in [-0.1, -0.05) is 12.1 Å². The Balaban J connectivity index is 1.69. The van der Waals surface area contributed by atoms with E-state index in [1.807, 2.05) is 42.5 Å². The van der Waals surface area contributed by atoms with E-state index in [0.717, 1.165) is 50.5 Å². The standard InChI is InChI=1S/C25H20FN3O2/c1-30-19-9-3-16(4-10-19)14-29-15-22-24(17-5-7-18(26)8-6-17)27-28-25(22)21-13-20(31-2)11-12-23(21)29/h3-13,15H,14H2,1-2H3. The molecule has 154 valence electrons. The van der Waals surface area contributed by atoms with E-state index in [4.69, 9.17) is 9.47 Å². The lowest BCUT2D eigenvalue weighted by Gasteiger charge is -2.16. The van der Waals surface area contributed by atoms with Gasteiger partial charge in [-0.15, -0.1) is 10.2 Å². The molecule has 5 nitrogen and oxygen atoms in total. The number of rotatable bonds is 5. The number of ether oxygens (including phenoxy) is 2. The van der Waals surface area contributed by atoms with Crippen LogP contribution in [0.1, 0.15) is 5.56 Å². The van der Waals surface area contributed by atoms with Crippen molar-refractivity contribution in [3.8, 4) is 34.0 Å². The molecule has 0 aromatic heterocycles. The molecule has 0 saturated carbocycles. The number of hydrogen-bond donors (Lipinski definition) is 0. The normalized spacial score (nSPS) is 11.2. The summed E-state index contributed by atoms with van der Waals surface area (Å²) in [6.45, 7) is 0.663. The van der Waals surface area contributed by atoms with Gasteiger partial charge in [0.1, 0.15) is 28.7 Å². The lowest BCUT2D eigenvalue weighted by atomic mass is 10.0. The summed E-state index contributed by atoms with van der Waals surface area (Å²) < 4.78 is 26.3. The van der Waals surface area contributed by atoms with Crippen molar-refractivity contribution in [2.45, 2.75) is 6.54 Å². The van der Waals surface area contributed by atoms with Crippen molar-refractivity contribution in [3.05, 3.63) is 84.3 Å². The third-order valence-electron chi connectivity index (χ3n) is 5.44. The van der Waals surface area contributed by atoms with Crippen molar-refractivity contribution in [3.63, 3.8) is 0 Å². The van der Waals surface area contributed by atoms with Crippen LogP contribution in [0.2, 0.25) is 0 Å². The van der Waals surface area contributed by atoms with Crippen LogP contribution in [0.3, 0.4) is 0 Å². The maximum atomic E-state index is 13.4. The highest BCUT2D eigenvalue weighted by Gasteiger charge is 2.20. The molecule has 3 aromatic carbocycles. The quantitative estimate of drug-likeness (QED) is 0.387. The maximum Gasteiger partial charge on any atom is 0.123 e. The Bertz CT molecular complexity index is 1330. The molecule has 0 atom stereocenters. The largest absolute Gasteiger partial charge is 0.497 e. The number of methoxy groups -OCH3 is 2. The van der Waals surface area contributed by atoms with Gasteiger partial charge in [0.2, 0.25) is 0 Å². The second-order valence-corrected chi connectivity index (χ2v) is 7.31. The highest BCUT2D eigenvalue weighted by Crippen LogP contribution is 2.38. The minimum absolute atomic E-state index is 0.280. The van der Waals surface area contributed by atoms with Crippen molar-refractivity contribution < 1.29 is 13.9 Å². The lowest BCUT2D eigenvalue weighted by Crippen LogP contribution is -2.04. The summed E-state index contributed by atoms with van der Waals surface area (Å²) >= 11 is 0. The van der Waals surface area contributed by atoms with E-state index in [1.165, 1.54) is 12.1 Å². The predicted molar refractivity (Wildman–Crippen MR) is 118 cm³/mol. The van der Waals surface area contributed by atoms with Crippen molar-refractivity contribution in [1.29, 1.82) is 0 Å². The molecule has 2 aliphatic rings. The fourth-order valence-electron chi connectivity index (χ4n) is 3.83. The number of benzene rings is 3. The first-order valence-corrected chi connectivity index (χ1v) is 9.88. The van der Waals surface area contributed by atoms with Gasteiger partial charge in [-0.05, 0) is 60.2 Å².